The van der Waals surface area contributed by atoms with E-state index in [-0.39, 0.29) is 24.1 Å². The zero-order valence-corrected chi connectivity index (χ0v) is 18.3. The number of nitrogens with two attached hydrogens (primary N) is 1. The lowest BCUT2D eigenvalue weighted by Crippen LogP contribution is -2.32. The molecule has 2 N–H and O–H groups in total. The van der Waals surface area contributed by atoms with Gasteiger partial charge in [-0.1, -0.05) is 23.4 Å². The molecule has 31 heavy (non-hydrogen) atoms. The molecule has 0 saturated heterocycles. The van der Waals surface area contributed by atoms with Crippen LogP contribution in [0.15, 0.2) is 53.7 Å². The van der Waals surface area contributed by atoms with Crippen molar-refractivity contribution >= 4 is 29.3 Å². The zero-order chi connectivity index (χ0) is 22.2. The largest absolute Gasteiger partial charge is 0.492 e. The Morgan fingerprint density at radius 1 is 1.13 bits per heavy atom. The number of ether oxygens (including phenoxy) is 2. The van der Waals surface area contributed by atoms with E-state index in [1.807, 2.05) is 0 Å². The minimum Gasteiger partial charge on any atom is -0.492 e. The molecular weight excluding hydrogens is 445 g/mol. The van der Waals surface area contributed by atoms with Gasteiger partial charge in [0.25, 0.3) is 0 Å². The van der Waals surface area contributed by atoms with Crippen molar-refractivity contribution in [2.75, 3.05) is 31.8 Å². The van der Waals surface area contributed by atoms with E-state index in [1.54, 1.807) is 36.2 Å². The quantitative estimate of drug-likeness (QED) is 0.363. The second kappa shape index (κ2) is 10.9. The Morgan fingerprint density at radius 2 is 1.77 bits per heavy atom. The molecule has 0 fully saturated rings. The van der Waals surface area contributed by atoms with Crippen molar-refractivity contribution in [2.45, 2.75) is 11.8 Å². The molecule has 0 saturated carbocycles. The normalized spacial score (nSPS) is 10.7. The molecule has 164 valence electrons. The number of carbonyl (C=O) groups is 1. The number of nitrogen functional groups attached to an aromatic ring is 1. The third kappa shape index (κ3) is 6.76. The lowest BCUT2D eigenvalue weighted by atomic mass is 10.3. The maximum absolute atomic E-state index is 12.9. The third-order valence-corrected chi connectivity index (χ3v) is 5.36. The van der Waals surface area contributed by atoms with E-state index >= 15 is 0 Å². The first-order valence-corrected chi connectivity index (χ1v) is 10.6. The lowest BCUT2D eigenvalue weighted by Gasteiger charge is -2.17. The molecule has 1 heterocycles. The smallest absolute Gasteiger partial charge is 0.232 e. The summed E-state index contributed by atoms with van der Waals surface area (Å²) < 4.78 is 25.3. The highest BCUT2D eigenvalue weighted by atomic mass is 35.5. The van der Waals surface area contributed by atoms with Gasteiger partial charge in [0.15, 0.2) is 5.82 Å². The van der Waals surface area contributed by atoms with Gasteiger partial charge in [-0.15, -0.1) is 10.2 Å². The minimum absolute atomic E-state index is 0.0611. The molecule has 0 aliphatic carbocycles. The van der Waals surface area contributed by atoms with E-state index in [9.17, 15) is 9.18 Å². The number of likely N-dealkylation sites (N-methyl/N-ethyl adjacent to an activating group) is 1. The summed E-state index contributed by atoms with van der Waals surface area (Å²) in [5, 5.41) is 8.98. The predicted octanol–water partition coefficient (Wildman–Crippen LogP) is 2.99. The zero-order valence-electron chi connectivity index (χ0n) is 16.7. The summed E-state index contributed by atoms with van der Waals surface area (Å²) in [6.07, 6.45) is 0. The Kier molecular flexibility index (Phi) is 7.96. The summed E-state index contributed by atoms with van der Waals surface area (Å²) >= 11 is 7.01. The summed E-state index contributed by atoms with van der Waals surface area (Å²) in [4.78, 5) is 13.9. The van der Waals surface area contributed by atoms with Crippen molar-refractivity contribution < 1.29 is 18.7 Å². The van der Waals surface area contributed by atoms with Crippen molar-refractivity contribution in [3.8, 4) is 11.5 Å². The van der Waals surface area contributed by atoms with Crippen molar-refractivity contribution in [3.05, 3.63) is 65.2 Å². The highest BCUT2D eigenvalue weighted by Crippen LogP contribution is 2.18. The number of thioether (sulfide) groups is 1. The average Bonchev–Trinajstić information content (AvgIpc) is 3.12. The first-order chi connectivity index (χ1) is 14.9. The number of amides is 1. The Balaban J connectivity index is 1.41. The van der Waals surface area contributed by atoms with Gasteiger partial charge in [-0.05, 0) is 48.5 Å². The van der Waals surface area contributed by atoms with Crippen LogP contribution in [0.5, 0.6) is 11.5 Å². The van der Waals surface area contributed by atoms with Crippen molar-refractivity contribution in [1.82, 2.24) is 19.8 Å². The number of aromatic nitrogens is 3. The van der Waals surface area contributed by atoms with Crippen molar-refractivity contribution in [2.24, 2.45) is 0 Å². The summed E-state index contributed by atoms with van der Waals surface area (Å²) in [6.45, 7) is 0.839. The van der Waals surface area contributed by atoms with Crippen LogP contribution in [0, 0.1) is 5.82 Å². The van der Waals surface area contributed by atoms with Crippen LogP contribution in [0.25, 0.3) is 0 Å². The topological polar surface area (TPSA) is 95.5 Å². The van der Waals surface area contributed by atoms with Crippen LogP contribution in [-0.2, 0) is 11.4 Å². The second-order valence-electron chi connectivity index (χ2n) is 6.42. The molecule has 3 rings (SSSR count). The maximum Gasteiger partial charge on any atom is 0.232 e. The number of hydrogen-bond donors (Lipinski definition) is 1. The van der Waals surface area contributed by atoms with E-state index in [0.717, 1.165) is 0 Å². The van der Waals surface area contributed by atoms with E-state index < -0.39 is 0 Å². The molecule has 0 bridgehead atoms. The third-order valence-electron chi connectivity index (χ3n) is 4.18. The summed E-state index contributed by atoms with van der Waals surface area (Å²) in [7, 11) is 1.70. The summed E-state index contributed by atoms with van der Waals surface area (Å²) in [6, 6.07) is 12.6. The van der Waals surface area contributed by atoms with Gasteiger partial charge in [0, 0.05) is 12.1 Å². The van der Waals surface area contributed by atoms with Gasteiger partial charge in [-0.25, -0.2) is 9.07 Å². The van der Waals surface area contributed by atoms with Gasteiger partial charge in [-0.2, -0.15) is 0 Å². The van der Waals surface area contributed by atoms with Crippen LogP contribution in [0.1, 0.15) is 5.82 Å². The van der Waals surface area contributed by atoms with Gasteiger partial charge >= 0.3 is 0 Å². The van der Waals surface area contributed by atoms with Crippen LogP contribution >= 0.6 is 23.4 Å². The fraction of sp³-hybridized carbons (Fsp3) is 0.250. The van der Waals surface area contributed by atoms with Crippen molar-refractivity contribution in [1.29, 1.82) is 0 Å². The highest BCUT2D eigenvalue weighted by Gasteiger charge is 2.15. The number of halogens is 2. The van der Waals surface area contributed by atoms with Crippen LogP contribution in [0.4, 0.5) is 4.39 Å². The molecule has 1 aromatic heterocycles. The Hall–Kier alpha value is -2.98. The van der Waals surface area contributed by atoms with Crippen LogP contribution in [0.2, 0.25) is 5.02 Å². The van der Waals surface area contributed by atoms with E-state index in [0.29, 0.717) is 40.7 Å². The van der Waals surface area contributed by atoms with E-state index in [1.165, 1.54) is 40.7 Å². The molecule has 8 nitrogen and oxygen atoms in total. The molecule has 0 aliphatic heterocycles. The minimum atomic E-state index is -0.348. The van der Waals surface area contributed by atoms with Gasteiger partial charge < -0.3 is 20.2 Å². The molecule has 2 aromatic carbocycles. The number of hydrogen-bond acceptors (Lipinski definition) is 7. The van der Waals surface area contributed by atoms with Crippen LogP contribution in [0.3, 0.4) is 0 Å². The summed E-state index contributed by atoms with van der Waals surface area (Å²) in [5.74, 6) is 7.23. The Bertz CT molecular complexity index is 1000. The Morgan fingerprint density at radius 3 is 2.48 bits per heavy atom. The number of rotatable bonds is 10. The molecule has 0 radical (unpaired) electrons. The predicted molar refractivity (Wildman–Crippen MR) is 116 cm³/mol. The monoisotopic (exact) mass is 465 g/mol. The molecular formula is C20H21ClFN5O3S. The first-order valence-electron chi connectivity index (χ1n) is 9.25. The molecule has 1 amide bonds. The number of benzene rings is 2. The molecule has 11 heteroatoms. The fourth-order valence-electron chi connectivity index (χ4n) is 2.38. The molecule has 0 unspecified atom stereocenters. The second-order valence-corrected chi connectivity index (χ2v) is 7.80. The van der Waals surface area contributed by atoms with Gasteiger partial charge in [0.2, 0.25) is 11.1 Å². The summed E-state index contributed by atoms with van der Waals surface area (Å²) in [5.41, 5.74) is 0. The van der Waals surface area contributed by atoms with Gasteiger partial charge in [0.1, 0.15) is 30.5 Å². The van der Waals surface area contributed by atoms with Crippen molar-refractivity contribution in [3.63, 3.8) is 0 Å². The Labute approximate surface area is 188 Å². The van der Waals surface area contributed by atoms with Gasteiger partial charge in [-0.3, -0.25) is 4.79 Å². The lowest BCUT2D eigenvalue weighted by molar-refractivity contribution is -0.127. The molecule has 0 spiro atoms. The van der Waals surface area contributed by atoms with Crippen LogP contribution in [-0.4, -0.2) is 51.6 Å². The van der Waals surface area contributed by atoms with Crippen LogP contribution < -0.4 is 15.3 Å². The molecule has 0 atom stereocenters. The highest BCUT2D eigenvalue weighted by molar-refractivity contribution is 7.99. The number of carbonyl (C=O) groups excluding carboxylic acids is 1. The molecule has 0 aliphatic rings. The van der Waals surface area contributed by atoms with E-state index in [4.69, 9.17) is 26.9 Å². The van der Waals surface area contributed by atoms with Gasteiger partial charge in [0.05, 0.1) is 12.3 Å². The maximum atomic E-state index is 12.9. The molecule has 3 aromatic rings. The SMILES string of the molecule is CN(CCOc1ccc(Cl)cc1)C(=O)CSc1nnc(COc2ccc(F)cc2)n1N. The number of nitrogens with zero attached hydrogens (tertiary/aromatic N) is 4. The fourth-order valence-corrected chi connectivity index (χ4v) is 3.32. The van der Waals surface area contributed by atoms with E-state index in [2.05, 4.69) is 10.2 Å². The standard InChI is InChI=1S/C20H21ClFN5O3S/c1-26(10-11-29-16-6-2-14(21)3-7-16)19(28)13-31-20-25-24-18(27(20)23)12-30-17-8-4-15(22)5-9-17/h2-9H,10-13,23H2,1H3. The first kappa shape index (κ1) is 22.7. The average molecular weight is 466 g/mol.